The molecule has 2 aliphatic heterocycles. The number of carbonyl (C=O) groups excluding carboxylic acids is 1. The van der Waals surface area contributed by atoms with Crippen LogP contribution in [0.25, 0.3) is 0 Å². The highest BCUT2D eigenvalue weighted by Crippen LogP contribution is 2.39. The van der Waals surface area contributed by atoms with E-state index in [1.165, 1.54) is 0 Å². The van der Waals surface area contributed by atoms with Crippen LogP contribution >= 0.6 is 0 Å². The number of ether oxygens (including phenoxy) is 2. The topological polar surface area (TPSA) is 42.0 Å². The van der Waals surface area contributed by atoms with Gasteiger partial charge in [-0.3, -0.25) is 14.6 Å². The molecule has 25 heavy (non-hydrogen) atoms. The molecule has 0 N–H and O–H groups in total. The van der Waals surface area contributed by atoms with Gasteiger partial charge in [-0.2, -0.15) is 0 Å². The summed E-state index contributed by atoms with van der Waals surface area (Å²) >= 11 is 0. The molecule has 1 atom stereocenters. The van der Waals surface area contributed by atoms with E-state index in [0.717, 1.165) is 30.1 Å². The van der Waals surface area contributed by atoms with Crippen molar-refractivity contribution >= 4 is 11.6 Å². The Bertz CT molecular complexity index is 729. The Morgan fingerprint density at radius 1 is 1.00 bits per heavy atom. The molecular weight excluding hydrogens is 316 g/mol. The van der Waals surface area contributed by atoms with Crippen molar-refractivity contribution in [2.45, 2.75) is 6.04 Å². The SMILES string of the molecule is O=C(CN1CCOCC1)N1c2ccccc2OC[C@@H]1c1ccccc1. The van der Waals surface area contributed by atoms with Crippen LogP contribution < -0.4 is 9.64 Å². The van der Waals surface area contributed by atoms with Crippen molar-refractivity contribution in [3.8, 4) is 5.75 Å². The molecule has 0 radical (unpaired) electrons. The highest BCUT2D eigenvalue weighted by atomic mass is 16.5. The van der Waals surface area contributed by atoms with Crippen LogP contribution in [0.4, 0.5) is 5.69 Å². The molecule has 1 amide bonds. The second-order valence-corrected chi connectivity index (χ2v) is 6.36. The van der Waals surface area contributed by atoms with Crippen molar-refractivity contribution < 1.29 is 14.3 Å². The average molecular weight is 338 g/mol. The average Bonchev–Trinajstić information content (AvgIpc) is 2.68. The molecule has 5 heteroatoms. The fourth-order valence-corrected chi connectivity index (χ4v) is 3.44. The van der Waals surface area contributed by atoms with Crippen molar-refractivity contribution in [1.82, 2.24) is 4.90 Å². The Hall–Kier alpha value is -2.37. The monoisotopic (exact) mass is 338 g/mol. The highest BCUT2D eigenvalue weighted by Gasteiger charge is 2.33. The van der Waals surface area contributed by atoms with Gasteiger partial charge in [0.2, 0.25) is 5.91 Å². The maximum absolute atomic E-state index is 13.2. The number of fused-ring (bicyclic) bond motifs is 1. The Labute approximate surface area is 147 Å². The molecule has 130 valence electrons. The number of nitrogens with zero attached hydrogens (tertiary/aromatic N) is 2. The Balaban J connectivity index is 1.64. The number of hydrogen-bond donors (Lipinski definition) is 0. The fraction of sp³-hybridized carbons (Fsp3) is 0.350. The Kier molecular flexibility index (Phi) is 4.68. The van der Waals surface area contributed by atoms with Gasteiger partial charge in [-0.05, 0) is 17.7 Å². The van der Waals surface area contributed by atoms with Crippen LogP contribution in [0.1, 0.15) is 11.6 Å². The molecule has 0 saturated carbocycles. The van der Waals surface area contributed by atoms with E-state index in [4.69, 9.17) is 9.47 Å². The molecule has 2 aromatic carbocycles. The first-order valence-electron chi connectivity index (χ1n) is 8.72. The van der Waals surface area contributed by atoms with E-state index in [9.17, 15) is 4.79 Å². The van der Waals surface area contributed by atoms with E-state index in [2.05, 4.69) is 17.0 Å². The van der Waals surface area contributed by atoms with Gasteiger partial charge in [0.05, 0.1) is 31.5 Å². The number of morpholine rings is 1. The lowest BCUT2D eigenvalue weighted by Crippen LogP contribution is -2.48. The van der Waals surface area contributed by atoms with Gasteiger partial charge in [-0.15, -0.1) is 0 Å². The van der Waals surface area contributed by atoms with Crippen LogP contribution in [0, 0.1) is 0 Å². The summed E-state index contributed by atoms with van der Waals surface area (Å²) in [6, 6.07) is 17.8. The standard InChI is InChI=1S/C20H22N2O3/c23-20(14-21-10-12-24-13-11-21)22-17-8-4-5-9-19(17)25-15-18(22)16-6-2-1-3-7-16/h1-9,18H,10-15H2/t18-/m1/s1. The molecule has 0 spiro atoms. The summed E-state index contributed by atoms with van der Waals surface area (Å²) in [7, 11) is 0. The molecule has 2 heterocycles. The summed E-state index contributed by atoms with van der Waals surface area (Å²) < 4.78 is 11.3. The summed E-state index contributed by atoms with van der Waals surface area (Å²) in [4.78, 5) is 17.3. The number of amides is 1. The van der Waals surface area contributed by atoms with Gasteiger partial charge >= 0.3 is 0 Å². The number of hydrogen-bond acceptors (Lipinski definition) is 4. The van der Waals surface area contributed by atoms with E-state index in [0.29, 0.717) is 26.4 Å². The quantitative estimate of drug-likeness (QED) is 0.862. The van der Waals surface area contributed by atoms with Crippen LogP contribution in [0.3, 0.4) is 0 Å². The Morgan fingerprint density at radius 3 is 2.52 bits per heavy atom. The number of anilines is 1. The molecule has 0 aliphatic carbocycles. The fourth-order valence-electron chi connectivity index (χ4n) is 3.44. The largest absolute Gasteiger partial charge is 0.489 e. The van der Waals surface area contributed by atoms with Crippen molar-refractivity contribution in [3.05, 3.63) is 60.2 Å². The van der Waals surface area contributed by atoms with E-state index >= 15 is 0 Å². The molecule has 1 fully saturated rings. The summed E-state index contributed by atoms with van der Waals surface area (Å²) in [6.45, 7) is 3.85. The second kappa shape index (κ2) is 7.25. The van der Waals surface area contributed by atoms with Gasteiger partial charge in [0.1, 0.15) is 12.4 Å². The third-order valence-corrected chi connectivity index (χ3v) is 4.75. The van der Waals surface area contributed by atoms with E-state index in [1.807, 2.05) is 47.4 Å². The van der Waals surface area contributed by atoms with Gasteiger partial charge < -0.3 is 9.47 Å². The minimum Gasteiger partial charge on any atom is -0.489 e. The van der Waals surface area contributed by atoms with Crippen molar-refractivity contribution in [1.29, 1.82) is 0 Å². The molecule has 2 aliphatic rings. The molecular formula is C20H22N2O3. The smallest absolute Gasteiger partial charge is 0.241 e. The molecule has 4 rings (SSSR count). The maximum atomic E-state index is 13.2. The van der Waals surface area contributed by atoms with Crippen molar-refractivity contribution in [2.24, 2.45) is 0 Å². The normalized spacial score (nSPS) is 20.6. The summed E-state index contributed by atoms with van der Waals surface area (Å²) in [5.74, 6) is 0.872. The number of benzene rings is 2. The van der Waals surface area contributed by atoms with Gasteiger partial charge in [0, 0.05) is 13.1 Å². The van der Waals surface area contributed by atoms with Crippen LogP contribution in [0.2, 0.25) is 0 Å². The first kappa shape index (κ1) is 16.1. The zero-order valence-corrected chi connectivity index (χ0v) is 14.1. The molecule has 0 unspecified atom stereocenters. The third kappa shape index (κ3) is 3.38. The van der Waals surface area contributed by atoms with Gasteiger partial charge in [0.15, 0.2) is 0 Å². The van der Waals surface area contributed by atoms with Crippen molar-refractivity contribution in [2.75, 3.05) is 44.4 Å². The van der Waals surface area contributed by atoms with Gasteiger partial charge in [-0.1, -0.05) is 42.5 Å². The molecule has 0 aromatic heterocycles. The lowest BCUT2D eigenvalue weighted by molar-refractivity contribution is -0.121. The number of rotatable bonds is 3. The highest BCUT2D eigenvalue weighted by molar-refractivity contribution is 5.97. The lowest BCUT2D eigenvalue weighted by atomic mass is 10.0. The van der Waals surface area contributed by atoms with Crippen LogP contribution in [-0.4, -0.2) is 50.3 Å². The van der Waals surface area contributed by atoms with E-state index in [-0.39, 0.29) is 11.9 Å². The predicted molar refractivity (Wildman–Crippen MR) is 95.9 cm³/mol. The van der Waals surface area contributed by atoms with Crippen LogP contribution in [0.15, 0.2) is 54.6 Å². The molecule has 0 bridgehead atoms. The zero-order valence-electron chi connectivity index (χ0n) is 14.1. The maximum Gasteiger partial charge on any atom is 0.241 e. The van der Waals surface area contributed by atoms with Gasteiger partial charge in [0.25, 0.3) is 0 Å². The molecule has 2 aromatic rings. The van der Waals surface area contributed by atoms with Crippen LogP contribution in [-0.2, 0) is 9.53 Å². The summed E-state index contributed by atoms with van der Waals surface area (Å²) in [5, 5.41) is 0. The van der Waals surface area contributed by atoms with E-state index < -0.39 is 0 Å². The number of para-hydroxylation sites is 2. The Morgan fingerprint density at radius 2 is 1.72 bits per heavy atom. The lowest BCUT2D eigenvalue weighted by Gasteiger charge is -2.38. The third-order valence-electron chi connectivity index (χ3n) is 4.75. The van der Waals surface area contributed by atoms with Gasteiger partial charge in [-0.25, -0.2) is 0 Å². The van der Waals surface area contributed by atoms with Crippen molar-refractivity contribution in [3.63, 3.8) is 0 Å². The van der Waals surface area contributed by atoms with Crippen LogP contribution in [0.5, 0.6) is 5.75 Å². The van der Waals surface area contributed by atoms with E-state index in [1.54, 1.807) is 0 Å². The number of carbonyl (C=O) groups is 1. The second-order valence-electron chi connectivity index (χ2n) is 6.36. The molecule has 1 saturated heterocycles. The zero-order chi connectivity index (χ0) is 17.1. The first-order chi connectivity index (χ1) is 12.3. The summed E-state index contributed by atoms with van der Waals surface area (Å²) in [6.07, 6.45) is 0. The first-order valence-corrected chi connectivity index (χ1v) is 8.72. The summed E-state index contributed by atoms with van der Waals surface area (Å²) in [5.41, 5.74) is 1.94. The predicted octanol–water partition coefficient (Wildman–Crippen LogP) is 2.49. The molecule has 5 nitrogen and oxygen atoms in total. The minimum absolute atomic E-state index is 0.103. The minimum atomic E-state index is -0.107.